The lowest BCUT2D eigenvalue weighted by atomic mass is 10.1. The SMILES string of the molecule is CC(C)n1cnc(-c2ccc(F)cc2)c1-c1nc(C(=O)Nc2ccc(N3CC(N(C)C)C3)cn2)cs1. The minimum Gasteiger partial charge on any atom is -0.367 e. The summed E-state index contributed by atoms with van der Waals surface area (Å²) in [6.07, 6.45) is 3.54. The van der Waals surface area contributed by atoms with E-state index < -0.39 is 0 Å². The monoisotopic (exact) mass is 505 g/mol. The van der Waals surface area contributed by atoms with Crippen LogP contribution in [0.15, 0.2) is 54.3 Å². The van der Waals surface area contributed by atoms with Gasteiger partial charge in [0.25, 0.3) is 5.91 Å². The number of thiazole rings is 1. The standard InChI is InChI=1S/C26H28FN7OS/c1-16(2)34-15-29-23(17-5-7-18(27)8-6-17)24(34)26-30-21(14-36-26)25(35)31-22-10-9-19(11-28-22)33-12-20(13-33)32(3)4/h5-11,14-16,20H,12-13H2,1-4H3,(H,28,31,35). The zero-order chi connectivity index (χ0) is 25.4. The van der Waals surface area contributed by atoms with Crippen molar-refractivity contribution in [3.63, 3.8) is 0 Å². The summed E-state index contributed by atoms with van der Waals surface area (Å²) >= 11 is 1.37. The Labute approximate surface area is 213 Å². The molecule has 1 aliphatic heterocycles. The predicted molar refractivity (Wildman–Crippen MR) is 141 cm³/mol. The first kappa shape index (κ1) is 24.1. The van der Waals surface area contributed by atoms with Gasteiger partial charge in [-0.15, -0.1) is 11.3 Å². The van der Waals surface area contributed by atoms with Crippen LogP contribution < -0.4 is 10.2 Å². The van der Waals surface area contributed by atoms with Crippen LogP contribution in [0.3, 0.4) is 0 Å². The van der Waals surface area contributed by atoms with E-state index in [1.165, 1.54) is 23.5 Å². The van der Waals surface area contributed by atoms with Crippen LogP contribution in [0.5, 0.6) is 0 Å². The third-order valence-corrected chi connectivity index (χ3v) is 7.20. The molecule has 1 N–H and O–H groups in total. The lowest BCUT2D eigenvalue weighted by Crippen LogP contribution is -2.57. The van der Waals surface area contributed by atoms with Gasteiger partial charge in [0.05, 0.1) is 23.9 Å². The summed E-state index contributed by atoms with van der Waals surface area (Å²) in [5, 5.41) is 5.24. The summed E-state index contributed by atoms with van der Waals surface area (Å²) in [6.45, 7) is 6.04. The van der Waals surface area contributed by atoms with Gasteiger partial charge in [-0.1, -0.05) is 0 Å². The van der Waals surface area contributed by atoms with E-state index in [1.54, 1.807) is 30.0 Å². The first-order chi connectivity index (χ1) is 17.3. The molecule has 4 aromatic rings. The van der Waals surface area contributed by atoms with Crippen LogP contribution in [-0.2, 0) is 0 Å². The molecule has 0 bridgehead atoms. The van der Waals surface area contributed by atoms with Gasteiger partial charge in [-0.05, 0) is 64.3 Å². The molecule has 36 heavy (non-hydrogen) atoms. The topological polar surface area (TPSA) is 79.2 Å². The molecule has 0 aliphatic carbocycles. The Balaban J connectivity index is 1.33. The number of hydrogen-bond donors (Lipinski definition) is 1. The number of likely N-dealkylation sites (N-methyl/N-ethyl adjacent to an activating group) is 1. The molecule has 4 heterocycles. The molecule has 0 unspecified atom stereocenters. The molecular weight excluding hydrogens is 477 g/mol. The van der Waals surface area contributed by atoms with Gasteiger partial charge in [0, 0.05) is 36.1 Å². The smallest absolute Gasteiger partial charge is 0.276 e. The number of carbonyl (C=O) groups is 1. The van der Waals surface area contributed by atoms with Crippen molar-refractivity contribution in [1.82, 2.24) is 24.4 Å². The second-order valence-corrected chi connectivity index (χ2v) is 10.2. The van der Waals surface area contributed by atoms with Crippen molar-refractivity contribution in [2.75, 3.05) is 37.4 Å². The van der Waals surface area contributed by atoms with Crippen molar-refractivity contribution in [3.8, 4) is 22.0 Å². The van der Waals surface area contributed by atoms with Crippen LogP contribution in [0.4, 0.5) is 15.9 Å². The summed E-state index contributed by atoms with van der Waals surface area (Å²) in [6, 6.07) is 10.7. The van der Waals surface area contributed by atoms with E-state index in [0.717, 1.165) is 30.0 Å². The minimum absolute atomic E-state index is 0.130. The van der Waals surface area contributed by atoms with Gasteiger partial charge in [-0.2, -0.15) is 0 Å². The quantitative estimate of drug-likeness (QED) is 0.389. The van der Waals surface area contributed by atoms with Crippen LogP contribution in [-0.4, -0.2) is 63.6 Å². The molecule has 0 saturated carbocycles. The van der Waals surface area contributed by atoms with Gasteiger partial charge in [0.1, 0.15) is 28.0 Å². The normalized spacial score (nSPS) is 13.9. The van der Waals surface area contributed by atoms with Crippen molar-refractivity contribution in [2.24, 2.45) is 0 Å². The summed E-state index contributed by atoms with van der Waals surface area (Å²) in [4.78, 5) is 31.0. The number of amides is 1. The van der Waals surface area contributed by atoms with Crippen molar-refractivity contribution >= 4 is 28.7 Å². The predicted octanol–water partition coefficient (Wildman–Crippen LogP) is 4.79. The Hall–Kier alpha value is -3.63. The van der Waals surface area contributed by atoms with Crippen LogP contribution >= 0.6 is 11.3 Å². The first-order valence-electron chi connectivity index (χ1n) is 11.8. The van der Waals surface area contributed by atoms with Gasteiger partial charge in [-0.3, -0.25) is 4.79 Å². The number of halogens is 1. The maximum Gasteiger partial charge on any atom is 0.276 e. The molecule has 1 aromatic carbocycles. The Morgan fingerprint density at radius 3 is 2.53 bits per heavy atom. The Morgan fingerprint density at radius 1 is 1.14 bits per heavy atom. The van der Waals surface area contributed by atoms with Gasteiger partial charge >= 0.3 is 0 Å². The molecule has 1 fully saturated rings. The zero-order valence-corrected chi connectivity index (χ0v) is 21.5. The summed E-state index contributed by atoms with van der Waals surface area (Å²) in [7, 11) is 4.17. The fourth-order valence-corrected chi connectivity index (χ4v) is 4.94. The fraction of sp³-hybridized carbons (Fsp3) is 0.308. The molecule has 5 rings (SSSR count). The van der Waals surface area contributed by atoms with Crippen LogP contribution in [0.25, 0.3) is 22.0 Å². The Kier molecular flexibility index (Phi) is 6.55. The Morgan fingerprint density at radius 2 is 1.89 bits per heavy atom. The van der Waals surface area contributed by atoms with Crippen molar-refractivity contribution in [2.45, 2.75) is 25.9 Å². The minimum atomic E-state index is -0.326. The molecule has 0 atom stereocenters. The van der Waals surface area contributed by atoms with E-state index in [9.17, 15) is 9.18 Å². The van der Waals surface area contributed by atoms with Gasteiger partial charge in [0.15, 0.2) is 0 Å². The third-order valence-electron chi connectivity index (χ3n) is 6.35. The van der Waals surface area contributed by atoms with E-state index in [0.29, 0.717) is 28.3 Å². The largest absolute Gasteiger partial charge is 0.367 e. The first-order valence-corrected chi connectivity index (χ1v) is 12.7. The summed E-state index contributed by atoms with van der Waals surface area (Å²) in [5.74, 6) is -0.156. The zero-order valence-electron chi connectivity index (χ0n) is 20.6. The molecule has 1 aliphatic rings. The maximum atomic E-state index is 13.5. The number of benzene rings is 1. The van der Waals surface area contributed by atoms with Crippen LogP contribution in [0, 0.1) is 5.82 Å². The molecule has 1 amide bonds. The highest BCUT2D eigenvalue weighted by molar-refractivity contribution is 7.13. The van der Waals surface area contributed by atoms with Gasteiger partial charge in [-0.25, -0.2) is 19.3 Å². The third kappa shape index (κ3) is 4.74. The number of hydrogen-bond acceptors (Lipinski definition) is 7. The van der Waals surface area contributed by atoms with Crippen molar-refractivity contribution in [3.05, 3.63) is 65.8 Å². The molecule has 0 radical (unpaired) electrons. The number of pyridine rings is 1. The van der Waals surface area contributed by atoms with Crippen LogP contribution in [0.1, 0.15) is 30.4 Å². The lowest BCUT2D eigenvalue weighted by Gasteiger charge is -2.44. The van der Waals surface area contributed by atoms with Crippen molar-refractivity contribution < 1.29 is 9.18 Å². The number of imidazole rings is 1. The Bertz CT molecular complexity index is 1360. The number of nitrogens with one attached hydrogen (secondary N) is 1. The molecule has 1 saturated heterocycles. The van der Waals surface area contributed by atoms with Gasteiger partial charge < -0.3 is 19.7 Å². The number of aromatic nitrogens is 4. The average molecular weight is 506 g/mol. The van der Waals surface area contributed by atoms with Gasteiger partial charge in [0.2, 0.25) is 0 Å². The molecule has 3 aromatic heterocycles. The van der Waals surface area contributed by atoms with E-state index in [2.05, 4.69) is 58.0 Å². The van der Waals surface area contributed by atoms with Crippen molar-refractivity contribution in [1.29, 1.82) is 0 Å². The number of anilines is 2. The van der Waals surface area contributed by atoms with E-state index >= 15 is 0 Å². The molecule has 8 nitrogen and oxygen atoms in total. The molecule has 10 heteroatoms. The second kappa shape index (κ2) is 9.79. The highest BCUT2D eigenvalue weighted by Gasteiger charge is 2.28. The summed E-state index contributed by atoms with van der Waals surface area (Å²) < 4.78 is 15.5. The highest BCUT2D eigenvalue weighted by Crippen LogP contribution is 2.35. The number of rotatable bonds is 7. The average Bonchev–Trinajstić information content (AvgIpc) is 3.47. The molecule has 0 spiro atoms. The lowest BCUT2D eigenvalue weighted by molar-refractivity contribution is 0.102. The highest BCUT2D eigenvalue weighted by atomic mass is 32.1. The number of carbonyl (C=O) groups excluding carboxylic acids is 1. The van der Waals surface area contributed by atoms with E-state index in [1.807, 2.05) is 16.7 Å². The van der Waals surface area contributed by atoms with E-state index in [4.69, 9.17) is 0 Å². The molecule has 186 valence electrons. The summed E-state index contributed by atoms with van der Waals surface area (Å²) in [5.41, 5.74) is 3.63. The molecular formula is C26H28FN7OS. The van der Waals surface area contributed by atoms with Crippen LogP contribution in [0.2, 0.25) is 0 Å². The second-order valence-electron chi connectivity index (χ2n) is 9.37. The van der Waals surface area contributed by atoms with E-state index in [-0.39, 0.29) is 17.8 Å². The maximum absolute atomic E-state index is 13.5. The fourth-order valence-electron chi connectivity index (χ4n) is 4.09. The number of nitrogens with zero attached hydrogens (tertiary/aromatic N) is 6.